The number of aromatic nitrogens is 1. The summed E-state index contributed by atoms with van der Waals surface area (Å²) in [5.74, 6) is -1.56. The van der Waals surface area contributed by atoms with Gasteiger partial charge in [0.15, 0.2) is 5.69 Å². The molecule has 0 spiro atoms. The van der Waals surface area contributed by atoms with Crippen molar-refractivity contribution in [2.24, 2.45) is 17.8 Å². The van der Waals surface area contributed by atoms with Gasteiger partial charge < -0.3 is 23.8 Å². The summed E-state index contributed by atoms with van der Waals surface area (Å²) in [4.78, 5) is 58.1. The summed E-state index contributed by atoms with van der Waals surface area (Å²) >= 11 is 1.30. The quantitative estimate of drug-likeness (QED) is 0.154. The number of carbonyl (C=O) groups is 4. The maximum absolute atomic E-state index is 12.9. The van der Waals surface area contributed by atoms with Gasteiger partial charge in [-0.15, -0.1) is 11.3 Å². The lowest BCUT2D eigenvalue weighted by atomic mass is 9.85. The van der Waals surface area contributed by atoms with Crippen LogP contribution in [0.5, 0.6) is 0 Å². The van der Waals surface area contributed by atoms with Gasteiger partial charge in [0.05, 0.1) is 31.2 Å². The molecule has 0 aromatic carbocycles. The van der Waals surface area contributed by atoms with Crippen molar-refractivity contribution >= 4 is 35.2 Å². The highest BCUT2D eigenvalue weighted by Crippen LogP contribution is 2.45. The van der Waals surface area contributed by atoms with Gasteiger partial charge in [0, 0.05) is 38.0 Å². The number of thiazole rings is 1. The van der Waals surface area contributed by atoms with E-state index in [4.69, 9.17) is 18.9 Å². The Balaban J connectivity index is 1.38. The number of rotatable bonds is 12. The van der Waals surface area contributed by atoms with Crippen molar-refractivity contribution in [3.05, 3.63) is 28.2 Å². The lowest BCUT2D eigenvalue weighted by Gasteiger charge is -2.34. The molecule has 3 aliphatic heterocycles. The Labute approximate surface area is 245 Å². The van der Waals surface area contributed by atoms with Gasteiger partial charge >= 0.3 is 12.1 Å². The minimum absolute atomic E-state index is 0.0825. The van der Waals surface area contributed by atoms with E-state index in [2.05, 4.69) is 4.98 Å². The zero-order valence-corrected chi connectivity index (χ0v) is 25.6. The molecule has 41 heavy (non-hydrogen) atoms. The van der Waals surface area contributed by atoms with Crippen LogP contribution in [-0.4, -0.2) is 89.8 Å². The van der Waals surface area contributed by atoms with Gasteiger partial charge in [-0.25, -0.2) is 14.6 Å². The summed E-state index contributed by atoms with van der Waals surface area (Å²) in [7, 11) is 3.01. The number of imide groups is 1. The highest BCUT2D eigenvalue weighted by Gasteiger charge is 2.60. The molecule has 0 N–H and O–H groups in total. The number of esters is 1. The van der Waals surface area contributed by atoms with Crippen LogP contribution < -0.4 is 0 Å². The standard InChI is InChI=1S/C29H41N3O8S/c1-16(2)18(31(6)28(36)40-29(3,4)5)14-21(24-30-17(15-41-24)27(35)37-7)38-13-9-8-12-32-25(33)22-19-10-11-20(39-19)23(22)26(32)34/h10-11,15-16,18-23H,8-9,12-14H2,1-7H3/t18-,19?,20?,21-,22?,23?/m1/s1. The zero-order valence-electron chi connectivity index (χ0n) is 24.8. The molecule has 2 fully saturated rings. The molecule has 4 heterocycles. The Hall–Kier alpha value is -2.83. The fraction of sp³-hybridized carbons (Fsp3) is 0.690. The van der Waals surface area contributed by atoms with Crippen LogP contribution in [0.25, 0.3) is 0 Å². The first kappa shape index (κ1) is 31.1. The molecule has 2 bridgehead atoms. The van der Waals surface area contributed by atoms with Gasteiger partial charge in [-0.3, -0.25) is 14.5 Å². The fourth-order valence-corrected chi connectivity index (χ4v) is 6.47. The molecule has 3 aliphatic rings. The van der Waals surface area contributed by atoms with Crippen molar-refractivity contribution in [2.45, 2.75) is 83.8 Å². The molecule has 0 radical (unpaired) electrons. The zero-order chi connectivity index (χ0) is 30.1. The first-order chi connectivity index (χ1) is 19.3. The van der Waals surface area contributed by atoms with Crippen LogP contribution >= 0.6 is 11.3 Å². The van der Waals surface area contributed by atoms with Crippen molar-refractivity contribution in [1.29, 1.82) is 0 Å². The highest BCUT2D eigenvalue weighted by molar-refractivity contribution is 7.09. The third-order valence-electron chi connectivity index (χ3n) is 7.69. The van der Waals surface area contributed by atoms with E-state index in [0.717, 1.165) is 0 Å². The summed E-state index contributed by atoms with van der Waals surface area (Å²) in [5.41, 5.74) is -0.431. The Bertz CT molecular complexity index is 1150. The van der Waals surface area contributed by atoms with E-state index in [-0.39, 0.29) is 41.7 Å². The van der Waals surface area contributed by atoms with Crippen LogP contribution in [-0.2, 0) is 28.5 Å². The number of amides is 3. The van der Waals surface area contributed by atoms with Crippen LogP contribution in [0.4, 0.5) is 4.79 Å². The van der Waals surface area contributed by atoms with Crippen LogP contribution in [0.3, 0.4) is 0 Å². The SMILES string of the molecule is COC(=O)c1csc([C@@H](C[C@H](C(C)C)N(C)C(=O)OC(C)(C)C)OCCCCN2C(=O)C3C4C=CC(O4)C3C2=O)n1. The highest BCUT2D eigenvalue weighted by atomic mass is 32.1. The van der Waals surface area contributed by atoms with Crippen molar-refractivity contribution < 1.29 is 38.1 Å². The van der Waals surface area contributed by atoms with E-state index in [1.54, 1.807) is 17.3 Å². The molecule has 226 valence electrons. The number of carbonyl (C=O) groups excluding carboxylic acids is 4. The van der Waals surface area contributed by atoms with Crippen molar-refractivity contribution in [2.75, 3.05) is 27.3 Å². The second-order valence-electron chi connectivity index (χ2n) is 12.1. The number of nitrogens with zero attached hydrogens (tertiary/aromatic N) is 3. The molecule has 12 heteroatoms. The molecule has 1 aromatic heterocycles. The Kier molecular flexibility index (Phi) is 9.55. The van der Waals surface area contributed by atoms with E-state index < -0.39 is 35.6 Å². The van der Waals surface area contributed by atoms with Crippen LogP contribution in [0.15, 0.2) is 17.5 Å². The van der Waals surface area contributed by atoms with E-state index in [0.29, 0.717) is 37.4 Å². The summed E-state index contributed by atoms with van der Waals surface area (Å²) < 4.78 is 22.4. The fourth-order valence-electron chi connectivity index (χ4n) is 5.62. The molecule has 6 atom stereocenters. The van der Waals surface area contributed by atoms with Crippen molar-refractivity contribution in [3.8, 4) is 0 Å². The molecule has 3 amide bonds. The lowest BCUT2D eigenvalue weighted by molar-refractivity contribution is -0.142. The number of hydrogen-bond acceptors (Lipinski definition) is 10. The topological polar surface area (TPSA) is 125 Å². The Morgan fingerprint density at radius 3 is 2.32 bits per heavy atom. The Morgan fingerprint density at radius 2 is 1.76 bits per heavy atom. The van der Waals surface area contributed by atoms with Gasteiger partial charge in [-0.1, -0.05) is 26.0 Å². The predicted molar refractivity (Wildman–Crippen MR) is 150 cm³/mol. The summed E-state index contributed by atoms with van der Waals surface area (Å²) in [6.45, 7) is 10.2. The third kappa shape index (κ3) is 6.81. The minimum atomic E-state index is -0.632. The van der Waals surface area contributed by atoms with Crippen LogP contribution in [0.2, 0.25) is 0 Å². The van der Waals surface area contributed by atoms with Gasteiger partial charge in [0.1, 0.15) is 16.7 Å². The monoisotopic (exact) mass is 591 g/mol. The van der Waals surface area contributed by atoms with E-state index >= 15 is 0 Å². The summed E-state index contributed by atoms with van der Waals surface area (Å²) in [5, 5.41) is 2.24. The number of ether oxygens (including phenoxy) is 4. The molecule has 4 rings (SSSR count). The second-order valence-corrected chi connectivity index (χ2v) is 13.0. The molecule has 0 aliphatic carbocycles. The van der Waals surface area contributed by atoms with Crippen molar-refractivity contribution in [1.82, 2.24) is 14.8 Å². The summed E-state index contributed by atoms with van der Waals surface area (Å²) in [6, 6.07) is -0.231. The van der Waals surface area contributed by atoms with Gasteiger partial charge in [-0.05, 0) is 39.5 Å². The van der Waals surface area contributed by atoms with Crippen molar-refractivity contribution in [3.63, 3.8) is 0 Å². The summed E-state index contributed by atoms with van der Waals surface area (Å²) in [6.07, 6.45) is 3.87. The molecule has 11 nitrogen and oxygen atoms in total. The van der Waals surface area contributed by atoms with Gasteiger partial charge in [0.2, 0.25) is 11.8 Å². The van der Waals surface area contributed by atoms with E-state index in [1.165, 1.54) is 23.3 Å². The molecular weight excluding hydrogens is 550 g/mol. The van der Waals surface area contributed by atoms with Gasteiger partial charge in [0.25, 0.3) is 0 Å². The smallest absolute Gasteiger partial charge is 0.410 e. The average molecular weight is 592 g/mol. The maximum Gasteiger partial charge on any atom is 0.410 e. The Morgan fingerprint density at radius 1 is 1.12 bits per heavy atom. The van der Waals surface area contributed by atoms with E-state index in [1.807, 2.05) is 46.8 Å². The third-order valence-corrected chi connectivity index (χ3v) is 8.63. The number of methoxy groups -OCH3 is 1. The van der Waals surface area contributed by atoms with Crippen LogP contribution in [0.1, 0.15) is 75.5 Å². The number of unbranched alkanes of at least 4 members (excludes halogenated alkanes) is 1. The predicted octanol–water partition coefficient (Wildman–Crippen LogP) is 3.99. The normalized spacial score (nSPS) is 24.6. The first-order valence-electron chi connectivity index (χ1n) is 14.1. The molecule has 4 unspecified atom stereocenters. The largest absolute Gasteiger partial charge is 0.464 e. The number of hydrogen-bond donors (Lipinski definition) is 0. The molecular formula is C29H41N3O8S. The number of fused-ring (bicyclic) bond motifs is 5. The second kappa shape index (κ2) is 12.6. The first-order valence-corrected chi connectivity index (χ1v) is 15.0. The van der Waals surface area contributed by atoms with Gasteiger partial charge in [-0.2, -0.15) is 0 Å². The van der Waals surface area contributed by atoms with Crippen LogP contribution in [0, 0.1) is 17.8 Å². The lowest BCUT2D eigenvalue weighted by Crippen LogP contribution is -2.44. The molecule has 2 saturated heterocycles. The minimum Gasteiger partial charge on any atom is -0.464 e. The number of likely N-dealkylation sites (tertiary alicyclic amines) is 1. The maximum atomic E-state index is 12.9. The molecule has 1 aromatic rings. The van der Waals surface area contributed by atoms with E-state index in [9.17, 15) is 19.2 Å². The molecule has 0 saturated carbocycles. The average Bonchev–Trinajstić information content (AvgIpc) is 3.69.